The molecule has 1 unspecified atom stereocenters. The highest BCUT2D eigenvalue weighted by molar-refractivity contribution is 5.97. The van der Waals surface area contributed by atoms with E-state index in [1.165, 1.54) is 4.90 Å². The zero-order valence-corrected chi connectivity index (χ0v) is 14.3. The normalized spacial score (nSPS) is 17.9. The lowest BCUT2D eigenvalue weighted by atomic mass is 9.97. The van der Waals surface area contributed by atoms with Crippen molar-refractivity contribution in [3.05, 3.63) is 65.7 Å². The van der Waals surface area contributed by atoms with Gasteiger partial charge in [0.15, 0.2) is 0 Å². The third-order valence-corrected chi connectivity index (χ3v) is 4.49. The lowest BCUT2D eigenvalue weighted by Gasteiger charge is -2.24. The van der Waals surface area contributed by atoms with Gasteiger partial charge < -0.3 is 9.47 Å². The minimum absolute atomic E-state index is 0.220. The van der Waals surface area contributed by atoms with Gasteiger partial charge in [-0.1, -0.05) is 48.5 Å². The number of ether oxygens (including phenoxy) is 2. The molecule has 1 saturated heterocycles. The molecule has 0 N–H and O–H groups in total. The lowest BCUT2D eigenvalue weighted by Crippen LogP contribution is -2.42. The summed E-state index contributed by atoms with van der Waals surface area (Å²) in [6.45, 7) is 2.00. The van der Waals surface area contributed by atoms with Crippen LogP contribution in [-0.2, 0) is 16.0 Å². The van der Waals surface area contributed by atoms with Crippen molar-refractivity contribution >= 4 is 12.0 Å². The number of carbonyl (C=O) groups is 2. The van der Waals surface area contributed by atoms with E-state index in [9.17, 15) is 9.59 Å². The molecule has 1 heterocycles. The Morgan fingerprint density at radius 3 is 2.60 bits per heavy atom. The van der Waals surface area contributed by atoms with E-state index in [2.05, 4.69) is 0 Å². The minimum atomic E-state index is -0.576. The highest BCUT2D eigenvalue weighted by Crippen LogP contribution is 2.30. The average molecular weight is 339 g/mol. The van der Waals surface area contributed by atoms with Crippen LogP contribution in [0.2, 0.25) is 0 Å². The van der Waals surface area contributed by atoms with E-state index >= 15 is 0 Å². The van der Waals surface area contributed by atoms with Gasteiger partial charge in [-0.2, -0.15) is 0 Å². The van der Waals surface area contributed by atoms with Crippen LogP contribution in [0, 0.1) is 0 Å². The Morgan fingerprint density at radius 2 is 1.88 bits per heavy atom. The molecule has 130 valence electrons. The molecule has 0 saturated carbocycles. The predicted octanol–water partition coefficient (Wildman–Crippen LogP) is 3.39. The number of hydrogen-bond acceptors (Lipinski definition) is 4. The average Bonchev–Trinajstić information content (AvgIpc) is 3.01. The largest absolute Gasteiger partial charge is 0.496 e. The maximum atomic E-state index is 13.0. The Labute approximate surface area is 147 Å². The van der Waals surface area contributed by atoms with Crippen molar-refractivity contribution in [2.45, 2.75) is 25.3 Å². The molecule has 0 bridgehead atoms. The molecule has 25 heavy (non-hydrogen) atoms. The third kappa shape index (κ3) is 3.50. The molecule has 1 aliphatic heterocycles. The first-order valence-electron chi connectivity index (χ1n) is 8.28. The van der Waals surface area contributed by atoms with Gasteiger partial charge in [0.2, 0.25) is 5.91 Å². The highest BCUT2D eigenvalue weighted by Gasteiger charge is 2.40. The Balaban J connectivity index is 1.82. The molecule has 1 fully saturated rings. The van der Waals surface area contributed by atoms with Crippen molar-refractivity contribution in [3.63, 3.8) is 0 Å². The molecule has 5 nitrogen and oxygen atoms in total. The molecule has 2 aromatic rings. The first-order valence-corrected chi connectivity index (χ1v) is 8.28. The molecule has 2 atom stereocenters. The Kier molecular flexibility index (Phi) is 5.03. The Morgan fingerprint density at radius 1 is 1.20 bits per heavy atom. The number of nitrogens with zero attached hydrogens (tertiary/aromatic N) is 1. The summed E-state index contributed by atoms with van der Waals surface area (Å²) < 4.78 is 10.5. The second-order valence-corrected chi connectivity index (χ2v) is 6.09. The summed E-state index contributed by atoms with van der Waals surface area (Å²) in [5, 5.41) is 0. The van der Waals surface area contributed by atoms with E-state index in [1.807, 2.05) is 54.6 Å². The minimum Gasteiger partial charge on any atom is -0.496 e. The molecular weight excluding hydrogens is 318 g/mol. The highest BCUT2D eigenvalue weighted by atomic mass is 16.6. The van der Waals surface area contributed by atoms with Crippen LogP contribution in [0.3, 0.4) is 0 Å². The van der Waals surface area contributed by atoms with Gasteiger partial charge in [-0.15, -0.1) is 0 Å². The second kappa shape index (κ2) is 7.38. The van der Waals surface area contributed by atoms with Gasteiger partial charge in [-0.3, -0.25) is 4.79 Å². The summed E-state index contributed by atoms with van der Waals surface area (Å²) in [4.78, 5) is 26.4. The quantitative estimate of drug-likeness (QED) is 0.838. The van der Waals surface area contributed by atoms with Crippen LogP contribution < -0.4 is 4.74 Å². The predicted molar refractivity (Wildman–Crippen MR) is 93.5 cm³/mol. The number of amides is 2. The van der Waals surface area contributed by atoms with Gasteiger partial charge in [0.05, 0.1) is 19.1 Å². The van der Waals surface area contributed by atoms with Crippen LogP contribution in [0.15, 0.2) is 54.6 Å². The van der Waals surface area contributed by atoms with Gasteiger partial charge in [-0.05, 0) is 25.0 Å². The number of para-hydroxylation sites is 1. The topological polar surface area (TPSA) is 55.8 Å². The van der Waals surface area contributed by atoms with Crippen molar-refractivity contribution in [1.29, 1.82) is 0 Å². The first kappa shape index (κ1) is 17.0. The van der Waals surface area contributed by atoms with E-state index in [4.69, 9.17) is 9.47 Å². The summed E-state index contributed by atoms with van der Waals surface area (Å²) in [6.07, 6.45) is 0.00410. The van der Waals surface area contributed by atoms with Crippen molar-refractivity contribution < 1.29 is 19.1 Å². The van der Waals surface area contributed by atoms with E-state index in [-0.39, 0.29) is 18.6 Å². The monoisotopic (exact) mass is 339 g/mol. The van der Waals surface area contributed by atoms with Crippen molar-refractivity contribution in [2.75, 3.05) is 13.7 Å². The van der Waals surface area contributed by atoms with Crippen molar-refractivity contribution in [2.24, 2.45) is 0 Å². The van der Waals surface area contributed by atoms with Crippen LogP contribution in [0.25, 0.3) is 0 Å². The lowest BCUT2D eigenvalue weighted by molar-refractivity contribution is -0.130. The number of hydrogen-bond donors (Lipinski definition) is 0. The molecule has 0 radical (unpaired) electrons. The maximum Gasteiger partial charge on any atom is 0.417 e. The van der Waals surface area contributed by atoms with E-state index in [1.54, 1.807) is 14.0 Å². The number of rotatable bonds is 5. The standard InChI is InChI=1S/C20H21NO4/c1-14(17-10-6-7-11-18(17)24-2)19(22)21-16(13-25-20(21)23)12-15-8-4-3-5-9-15/h3-11,14,16H,12-13H2,1-2H3/t14?,16-/m0/s1. The molecule has 2 aromatic carbocycles. The molecule has 2 amide bonds. The van der Waals surface area contributed by atoms with E-state index in [0.717, 1.165) is 11.1 Å². The van der Waals surface area contributed by atoms with Gasteiger partial charge in [0.1, 0.15) is 12.4 Å². The molecule has 3 rings (SSSR count). The third-order valence-electron chi connectivity index (χ3n) is 4.49. The smallest absolute Gasteiger partial charge is 0.417 e. The Hall–Kier alpha value is -2.82. The SMILES string of the molecule is COc1ccccc1C(C)C(=O)N1C(=O)OC[C@@H]1Cc1ccccc1. The molecule has 5 heteroatoms. The van der Waals surface area contributed by atoms with Crippen LogP contribution in [0.4, 0.5) is 4.79 Å². The molecule has 0 aromatic heterocycles. The van der Waals surface area contributed by atoms with E-state index < -0.39 is 12.0 Å². The van der Waals surface area contributed by atoms with Gasteiger partial charge in [0.25, 0.3) is 0 Å². The number of methoxy groups -OCH3 is 1. The zero-order chi connectivity index (χ0) is 17.8. The number of benzene rings is 2. The summed E-state index contributed by atoms with van der Waals surface area (Å²) in [5.74, 6) is -0.136. The van der Waals surface area contributed by atoms with E-state index in [0.29, 0.717) is 12.2 Å². The first-order chi connectivity index (χ1) is 12.1. The van der Waals surface area contributed by atoms with Gasteiger partial charge >= 0.3 is 6.09 Å². The summed E-state index contributed by atoms with van der Waals surface area (Å²) in [6, 6.07) is 16.8. The zero-order valence-electron chi connectivity index (χ0n) is 14.3. The van der Waals surface area contributed by atoms with Gasteiger partial charge in [0, 0.05) is 5.56 Å². The number of carbonyl (C=O) groups excluding carboxylic acids is 2. The fourth-order valence-electron chi connectivity index (χ4n) is 3.13. The van der Waals surface area contributed by atoms with Crippen molar-refractivity contribution in [3.8, 4) is 5.75 Å². The molecule has 0 spiro atoms. The summed E-state index contributed by atoms with van der Waals surface area (Å²) in [7, 11) is 1.57. The second-order valence-electron chi connectivity index (χ2n) is 6.09. The van der Waals surface area contributed by atoms with Crippen molar-refractivity contribution in [1.82, 2.24) is 4.90 Å². The molecular formula is C20H21NO4. The van der Waals surface area contributed by atoms with Crippen LogP contribution in [0.1, 0.15) is 24.0 Å². The molecule has 0 aliphatic carbocycles. The molecule has 1 aliphatic rings. The Bertz CT molecular complexity index is 759. The fraction of sp³-hybridized carbons (Fsp3) is 0.300. The summed E-state index contributed by atoms with van der Waals surface area (Å²) >= 11 is 0. The van der Waals surface area contributed by atoms with Crippen LogP contribution in [0.5, 0.6) is 5.75 Å². The maximum absolute atomic E-state index is 13.0. The van der Waals surface area contributed by atoms with Crippen LogP contribution in [-0.4, -0.2) is 36.7 Å². The number of cyclic esters (lactones) is 1. The number of imide groups is 1. The fourth-order valence-corrected chi connectivity index (χ4v) is 3.13. The van der Waals surface area contributed by atoms with Gasteiger partial charge in [-0.25, -0.2) is 9.69 Å². The summed E-state index contributed by atoms with van der Waals surface area (Å²) in [5.41, 5.74) is 1.82. The van der Waals surface area contributed by atoms with Crippen LogP contribution >= 0.6 is 0 Å².